The molecule has 0 spiro atoms. The van der Waals surface area contributed by atoms with Crippen molar-refractivity contribution < 1.29 is 14.7 Å². The second kappa shape index (κ2) is 4.38. The maximum absolute atomic E-state index is 12.1. The molecule has 0 aromatic heterocycles. The molecule has 18 heavy (non-hydrogen) atoms. The van der Waals surface area contributed by atoms with Crippen molar-refractivity contribution in [2.75, 3.05) is 0 Å². The van der Waals surface area contributed by atoms with Crippen molar-refractivity contribution in [2.24, 2.45) is 23.2 Å². The van der Waals surface area contributed by atoms with Crippen LogP contribution in [-0.2, 0) is 9.59 Å². The molecule has 2 aliphatic carbocycles. The van der Waals surface area contributed by atoms with Crippen LogP contribution in [0.4, 0.5) is 0 Å². The van der Waals surface area contributed by atoms with Crippen LogP contribution >= 0.6 is 0 Å². The van der Waals surface area contributed by atoms with E-state index in [-0.39, 0.29) is 23.2 Å². The lowest BCUT2D eigenvalue weighted by Crippen LogP contribution is -2.33. The summed E-state index contributed by atoms with van der Waals surface area (Å²) in [6.45, 7) is 7.81. The first-order valence-corrected chi connectivity index (χ1v) is 6.51. The molecule has 3 nitrogen and oxygen atoms in total. The minimum Gasteiger partial charge on any atom is -0.478 e. The van der Waals surface area contributed by atoms with Gasteiger partial charge in [0.25, 0.3) is 0 Å². The van der Waals surface area contributed by atoms with Gasteiger partial charge in [0.2, 0.25) is 0 Å². The van der Waals surface area contributed by atoms with E-state index in [0.29, 0.717) is 12.3 Å². The Labute approximate surface area is 108 Å². The highest BCUT2D eigenvalue weighted by Gasteiger charge is 2.48. The Bertz CT molecular complexity index is 435. The summed E-state index contributed by atoms with van der Waals surface area (Å²) in [5.41, 5.74) is -0.178. The van der Waals surface area contributed by atoms with E-state index in [4.69, 9.17) is 5.11 Å². The summed E-state index contributed by atoms with van der Waals surface area (Å²) >= 11 is 0. The number of hydrogen-bond acceptors (Lipinski definition) is 2. The van der Waals surface area contributed by atoms with Crippen LogP contribution in [0.1, 0.15) is 33.1 Å². The molecular weight excluding hydrogens is 228 g/mol. The molecule has 1 fully saturated rings. The number of ketones is 1. The van der Waals surface area contributed by atoms with Gasteiger partial charge in [-0.3, -0.25) is 4.79 Å². The van der Waals surface area contributed by atoms with E-state index in [1.165, 1.54) is 0 Å². The van der Waals surface area contributed by atoms with Gasteiger partial charge in [0.05, 0.1) is 0 Å². The van der Waals surface area contributed by atoms with E-state index in [9.17, 15) is 9.59 Å². The minimum absolute atomic E-state index is 0.0798. The number of aliphatic carboxylic acids is 1. The summed E-state index contributed by atoms with van der Waals surface area (Å²) in [4.78, 5) is 23.2. The second-order valence-electron chi connectivity index (χ2n) is 5.95. The van der Waals surface area contributed by atoms with Crippen molar-refractivity contribution in [1.29, 1.82) is 0 Å². The minimum atomic E-state index is -0.937. The molecule has 0 radical (unpaired) electrons. The molecule has 0 unspecified atom stereocenters. The zero-order valence-electron chi connectivity index (χ0n) is 11.0. The normalized spacial score (nSPS) is 39.2. The molecule has 0 amide bonds. The number of carboxylic acid groups (broad SMARTS) is 1. The average molecular weight is 248 g/mol. The van der Waals surface area contributed by atoms with Gasteiger partial charge in [-0.25, -0.2) is 4.79 Å². The van der Waals surface area contributed by atoms with Crippen LogP contribution < -0.4 is 0 Å². The van der Waals surface area contributed by atoms with Crippen molar-refractivity contribution in [3.63, 3.8) is 0 Å². The van der Waals surface area contributed by atoms with Crippen molar-refractivity contribution in [2.45, 2.75) is 33.1 Å². The molecule has 1 saturated carbocycles. The quantitative estimate of drug-likeness (QED) is 0.764. The Morgan fingerprint density at radius 3 is 2.78 bits per heavy atom. The van der Waals surface area contributed by atoms with E-state index in [1.807, 2.05) is 13.0 Å². The maximum Gasteiger partial charge on any atom is 0.331 e. The predicted molar refractivity (Wildman–Crippen MR) is 69.0 cm³/mol. The van der Waals surface area contributed by atoms with Crippen molar-refractivity contribution in [3.05, 3.63) is 24.3 Å². The number of rotatable bonds is 2. The molecule has 0 aromatic rings. The largest absolute Gasteiger partial charge is 0.478 e. The highest BCUT2D eigenvalue weighted by atomic mass is 16.4. The number of hydrogen-bond donors (Lipinski definition) is 1. The van der Waals surface area contributed by atoms with Crippen LogP contribution in [-0.4, -0.2) is 16.9 Å². The molecular formula is C15H20O3. The fraction of sp³-hybridized carbons (Fsp3) is 0.600. The fourth-order valence-corrected chi connectivity index (χ4v) is 3.54. The maximum atomic E-state index is 12.1. The van der Waals surface area contributed by atoms with Gasteiger partial charge < -0.3 is 5.11 Å². The smallest absolute Gasteiger partial charge is 0.331 e. The third-order valence-electron chi connectivity index (χ3n) is 4.77. The van der Waals surface area contributed by atoms with Gasteiger partial charge in [-0.2, -0.15) is 0 Å². The number of allylic oxidation sites excluding steroid dienone is 2. The topological polar surface area (TPSA) is 54.4 Å². The van der Waals surface area contributed by atoms with Crippen LogP contribution in [0.5, 0.6) is 0 Å². The average Bonchev–Trinajstić information content (AvgIpc) is 2.52. The number of fused-ring (bicyclic) bond motifs is 1. The van der Waals surface area contributed by atoms with E-state index in [2.05, 4.69) is 13.5 Å². The first-order valence-electron chi connectivity index (χ1n) is 6.51. The van der Waals surface area contributed by atoms with Crippen LogP contribution in [0, 0.1) is 23.2 Å². The molecule has 0 saturated heterocycles. The van der Waals surface area contributed by atoms with Crippen LogP contribution in [0.3, 0.4) is 0 Å². The van der Waals surface area contributed by atoms with Gasteiger partial charge in [-0.05, 0) is 43.1 Å². The van der Waals surface area contributed by atoms with Gasteiger partial charge in [0.15, 0.2) is 5.78 Å². The fourth-order valence-electron chi connectivity index (χ4n) is 3.54. The molecule has 0 aliphatic heterocycles. The van der Waals surface area contributed by atoms with Gasteiger partial charge in [-0.1, -0.05) is 26.5 Å². The number of carbonyl (C=O) groups excluding carboxylic acids is 1. The van der Waals surface area contributed by atoms with Crippen molar-refractivity contribution in [3.8, 4) is 0 Å². The standard InChI is InChI=1S/C15H20O3/c1-9-4-5-11(10(2)14(17)18)8-15(3)12(9)6-7-13(15)16/h6-7,9,11-12H,2,4-5,8H2,1,3H3,(H,17,18)/t9-,11+,12-,15-/m0/s1. The Kier molecular flexibility index (Phi) is 3.18. The van der Waals surface area contributed by atoms with Gasteiger partial charge in [0.1, 0.15) is 0 Å². The molecule has 3 heteroatoms. The van der Waals surface area contributed by atoms with Crippen LogP contribution in [0.25, 0.3) is 0 Å². The number of carboxylic acids is 1. The van der Waals surface area contributed by atoms with Crippen molar-refractivity contribution in [1.82, 2.24) is 0 Å². The van der Waals surface area contributed by atoms with Crippen LogP contribution in [0.15, 0.2) is 24.3 Å². The Hall–Kier alpha value is -1.38. The Morgan fingerprint density at radius 1 is 1.50 bits per heavy atom. The Balaban J connectivity index is 2.29. The lowest BCUT2D eigenvalue weighted by Gasteiger charge is -2.32. The lowest BCUT2D eigenvalue weighted by atomic mass is 9.69. The van der Waals surface area contributed by atoms with Gasteiger partial charge >= 0.3 is 5.97 Å². The van der Waals surface area contributed by atoms with E-state index >= 15 is 0 Å². The van der Waals surface area contributed by atoms with E-state index in [0.717, 1.165) is 12.8 Å². The number of carbonyl (C=O) groups is 2. The molecule has 0 heterocycles. The highest BCUT2D eigenvalue weighted by molar-refractivity contribution is 5.97. The third-order valence-corrected chi connectivity index (χ3v) is 4.77. The summed E-state index contributed by atoms with van der Waals surface area (Å²) < 4.78 is 0. The zero-order chi connectivity index (χ0) is 13.5. The third kappa shape index (κ3) is 1.92. The molecule has 2 aliphatic rings. The summed E-state index contributed by atoms with van der Waals surface area (Å²) in [7, 11) is 0. The summed E-state index contributed by atoms with van der Waals surface area (Å²) in [6, 6.07) is 0. The van der Waals surface area contributed by atoms with Gasteiger partial charge in [0, 0.05) is 11.0 Å². The van der Waals surface area contributed by atoms with E-state index < -0.39 is 11.4 Å². The zero-order valence-corrected chi connectivity index (χ0v) is 11.0. The van der Waals surface area contributed by atoms with Crippen LogP contribution in [0.2, 0.25) is 0 Å². The second-order valence-corrected chi connectivity index (χ2v) is 5.95. The molecule has 2 rings (SSSR count). The van der Waals surface area contributed by atoms with Gasteiger partial charge in [-0.15, -0.1) is 0 Å². The lowest BCUT2D eigenvalue weighted by molar-refractivity contribution is -0.134. The summed E-state index contributed by atoms with van der Waals surface area (Å²) in [5, 5.41) is 9.08. The predicted octanol–water partition coefficient (Wildman–Crippen LogP) is 2.82. The summed E-state index contributed by atoms with van der Waals surface area (Å²) in [6.07, 6.45) is 6.07. The van der Waals surface area contributed by atoms with E-state index in [1.54, 1.807) is 6.08 Å². The molecule has 0 bridgehead atoms. The molecule has 1 N–H and O–H groups in total. The molecule has 0 aromatic carbocycles. The monoisotopic (exact) mass is 248 g/mol. The highest BCUT2D eigenvalue weighted by Crippen LogP contribution is 2.50. The van der Waals surface area contributed by atoms with Crippen molar-refractivity contribution >= 4 is 11.8 Å². The molecule has 4 atom stereocenters. The Morgan fingerprint density at radius 2 is 2.17 bits per heavy atom. The SMILES string of the molecule is C=C(C(=O)O)[C@@H]1CC[C@H](C)[C@@H]2C=CC(=O)[C@@]2(C)C1. The first-order chi connectivity index (χ1) is 8.36. The first kappa shape index (κ1) is 13.1. The summed E-state index contributed by atoms with van der Waals surface area (Å²) in [5.74, 6) is -0.206. The molecule has 98 valence electrons.